The van der Waals surface area contributed by atoms with Crippen LogP contribution in [0, 0.1) is 11.3 Å². The molecule has 1 heteroatoms. The van der Waals surface area contributed by atoms with Crippen LogP contribution in [-0.2, 0) is 0 Å². The minimum Gasteiger partial charge on any atom is -0.211 e. The van der Waals surface area contributed by atoms with E-state index < -0.39 is 0 Å². The molecule has 0 N–H and O–H groups in total. The van der Waals surface area contributed by atoms with Gasteiger partial charge in [-0.1, -0.05) is 38.8 Å². The van der Waals surface area contributed by atoms with Gasteiger partial charge in [0.15, 0.2) is 0 Å². The summed E-state index contributed by atoms with van der Waals surface area (Å²) < 4.78 is 14.7. The molecule has 0 amide bonds. The minimum absolute atomic E-state index is 0.177. The summed E-state index contributed by atoms with van der Waals surface area (Å²) in [4.78, 5) is 0. The zero-order valence-corrected chi connectivity index (χ0v) is 13.7. The number of allylic oxidation sites excluding steroid dienone is 6. The summed E-state index contributed by atoms with van der Waals surface area (Å²) in [6, 6.07) is 0. The normalized spacial score (nSPS) is 32.8. The van der Waals surface area contributed by atoms with Crippen molar-refractivity contribution in [2.45, 2.75) is 78.1 Å². The van der Waals surface area contributed by atoms with Crippen LogP contribution in [0.25, 0.3) is 0 Å². The molecular weight excluding hydrogens is 259 g/mol. The molecule has 1 fully saturated rings. The molecule has 21 heavy (non-hydrogen) atoms. The first-order valence-corrected chi connectivity index (χ1v) is 8.98. The highest BCUT2D eigenvalue weighted by atomic mass is 19.1. The second-order valence-corrected chi connectivity index (χ2v) is 7.28. The monoisotopic (exact) mass is 288 g/mol. The Labute approximate surface area is 129 Å². The molecule has 1 saturated carbocycles. The smallest absolute Gasteiger partial charge is 0.108 e. The van der Waals surface area contributed by atoms with Crippen molar-refractivity contribution in [3.63, 3.8) is 0 Å². The average molecular weight is 288 g/mol. The van der Waals surface area contributed by atoms with E-state index in [1.807, 2.05) is 0 Å². The number of hydrogen-bond acceptors (Lipinski definition) is 0. The predicted octanol–water partition coefficient (Wildman–Crippen LogP) is 6.65. The first-order valence-electron chi connectivity index (χ1n) is 8.98. The molecule has 2 atom stereocenters. The van der Waals surface area contributed by atoms with E-state index in [9.17, 15) is 4.39 Å². The molecule has 0 aromatic heterocycles. The van der Waals surface area contributed by atoms with Crippen LogP contribution in [0.2, 0.25) is 0 Å². The highest BCUT2D eigenvalue weighted by Crippen LogP contribution is 2.64. The largest absolute Gasteiger partial charge is 0.211 e. The topological polar surface area (TPSA) is 0 Å². The van der Waals surface area contributed by atoms with Crippen LogP contribution in [0.4, 0.5) is 4.39 Å². The molecule has 0 spiro atoms. The number of unbranched alkanes of at least 4 members (excludes halogenated alkanes) is 1. The first-order chi connectivity index (χ1) is 10.2. The van der Waals surface area contributed by atoms with Crippen LogP contribution in [0.15, 0.2) is 34.7 Å². The third-order valence-electron chi connectivity index (χ3n) is 5.83. The van der Waals surface area contributed by atoms with Crippen molar-refractivity contribution in [2.75, 3.05) is 0 Å². The molecular formula is C20H29F. The molecule has 0 bridgehead atoms. The predicted molar refractivity (Wildman–Crippen MR) is 87.7 cm³/mol. The molecule has 0 nitrogen and oxygen atoms in total. The fourth-order valence-electron chi connectivity index (χ4n) is 4.42. The molecule has 2 unspecified atom stereocenters. The van der Waals surface area contributed by atoms with Crippen molar-refractivity contribution in [2.24, 2.45) is 11.3 Å². The van der Waals surface area contributed by atoms with Crippen LogP contribution >= 0.6 is 0 Å². The fourth-order valence-corrected chi connectivity index (χ4v) is 4.42. The van der Waals surface area contributed by atoms with E-state index in [-0.39, 0.29) is 5.83 Å². The summed E-state index contributed by atoms with van der Waals surface area (Å²) in [5.41, 5.74) is 4.06. The highest BCUT2D eigenvalue weighted by molar-refractivity contribution is 5.55. The van der Waals surface area contributed by atoms with Gasteiger partial charge in [0.1, 0.15) is 5.83 Å². The van der Waals surface area contributed by atoms with Gasteiger partial charge in [-0.2, -0.15) is 0 Å². The van der Waals surface area contributed by atoms with E-state index >= 15 is 0 Å². The summed E-state index contributed by atoms with van der Waals surface area (Å²) >= 11 is 0. The molecule has 3 aliphatic rings. The summed E-state index contributed by atoms with van der Waals surface area (Å²) in [6.07, 6.45) is 16.0. The van der Waals surface area contributed by atoms with Gasteiger partial charge in [-0.15, -0.1) is 0 Å². The van der Waals surface area contributed by atoms with Gasteiger partial charge in [-0.3, -0.25) is 0 Å². The third kappa shape index (κ3) is 2.76. The SMILES string of the molecule is CCCCC1(C2=CCCC(F)=C2C2=CCCCC2)CC1C. The van der Waals surface area contributed by atoms with Gasteiger partial charge in [0, 0.05) is 12.0 Å². The molecule has 3 aliphatic carbocycles. The zero-order chi connectivity index (χ0) is 14.9. The van der Waals surface area contributed by atoms with Crippen molar-refractivity contribution in [3.05, 3.63) is 34.7 Å². The Balaban J connectivity index is 1.92. The summed E-state index contributed by atoms with van der Waals surface area (Å²) in [6.45, 7) is 4.62. The molecule has 0 saturated heterocycles. The molecule has 0 aromatic rings. The Morgan fingerprint density at radius 1 is 1.19 bits per heavy atom. The first kappa shape index (κ1) is 15.1. The lowest BCUT2D eigenvalue weighted by Gasteiger charge is -2.29. The second-order valence-electron chi connectivity index (χ2n) is 7.28. The summed E-state index contributed by atoms with van der Waals surface area (Å²) in [5, 5.41) is 0. The van der Waals surface area contributed by atoms with Gasteiger partial charge in [0.05, 0.1) is 0 Å². The minimum atomic E-state index is 0.177. The third-order valence-corrected chi connectivity index (χ3v) is 5.83. The van der Waals surface area contributed by atoms with E-state index in [4.69, 9.17) is 0 Å². The van der Waals surface area contributed by atoms with Crippen molar-refractivity contribution < 1.29 is 4.39 Å². The number of hydrogen-bond donors (Lipinski definition) is 0. The van der Waals surface area contributed by atoms with Gasteiger partial charge in [0.2, 0.25) is 0 Å². The summed E-state index contributed by atoms with van der Waals surface area (Å²) in [7, 11) is 0. The number of halogens is 1. The Bertz CT molecular complexity index is 494. The second kappa shape index (κ2) is 6.10. The van der Waals surface area contributed by atoms with Gasteiger partial charge in [0.25, 0.3) is 0 Å². The molecule has 0 aliphatic heterocycles. The molecule has 0 heterocycles. The quantitative estimate of drug-likeness (QED) is 0.531. The van der Waals surface area contributed by atoms with Crippen molar-refractivity contribution in [1.29, 1.82) is 0 Å². The lowest BCUT2D eigenvalue weighted by Crippen LogP contribution is -2.15. The Morgan fingerprint density at radius 3 is 2.62 bits per heavy atom. The molecule has 0 radical (unpaired) electrons. The lowest BCUT2D eigenvalue weighted by molar-refractivity contribution is 0.468. The average Bonchev–Trinajstić information content (AvgIpc) is 3.17. The van der Waals surface area contributed by atoms with Crippen LogP contribution in [0.3, 0.4) is 0 Å². The van der Waals surface area contributed by atoms with Crippen molar-refractivity contribution in [1.82, 2.24) is 0 Å². The zero-order valence-electron chi connectivity index (χ0n) is 13.7. The maximum Gasteiger partial charge on any atom is 0.108 e. The Hall–Kier alpha value is -0.850. The molecule has 3 rings (SSSR count). The van der Waals surface area contributed by atoms with E-state index in [0.717, 1.165) is 30.8 Å². The number of rotatable bonds is 5. The van der Waals surface area contributed by atoms with Crippen LogP contribution in [0.1, 0.15) is 78.1 Å². The van der Waals surface area contributed by atoms with Gasteiger partial charge >= 0.3 is 0 Å². The van der Waals surface area contributed by atoms with Crippen LogP contribution < -0.4 is 0 Å². The van der Waals surface area contributed by atoms with E-state index in [1.165, 1.54) is 49.7 Å². The maximum absolute atomic E-state index is 14.7. The lowest BCUT2D eigenvalue weighted by atomic mass is 9.76. The van der Waals surface area contributed by atoms with Gasteiger partial charge in [-0.25, -0.2) is 4.39 Å². The van der Waals surface area contributed by atoms with Crippen LogP contribution in [0.5, 0.6) is 0 Å². The van der Waals surface area contributed by atoms with Gasteiger partial charge in [-0.05, 0) is 67.4 Å². The Kier molecular flexibility index (Phi) is 4.38. The fraction of sp³-hybridized carbons (Fsp3) is 0.700. The summed E-state index contributed by atoms with van der Waals surface area (Å²) in [5.74, 6) is 0.913. The Morgan fingerprint density at radius 2 is 2.00 bits per heavy atom. The van der Waals surface area contributed by atoms with Crippen molar-refractivity contribution >= 4 is 0 Å². The van der Waals surface area contributed by atoms with E-state index in [1.54, 1.807) is 0 Å². The molecule has 116 valence electrons. The van der Waals surface area contributed by atoms with Gasteiger partial charge < -0.3 is 0 Å². The maximum atomic E-state index is 14.7. The van der Waals surface area contributed by atoms with E-state index in [0.29, 0.717) is 11.8 Å². The van der Waals surface area contributed by atoms with E-state index in [2.05, 4.69) is 26.0 Å². The molecule has 0 aromatic carbocycles. The van der Waals surface area contributed by atoms with Crippen molar-refractivity contribution in [3.8, 4) is 0 Å². The highest BCUT2D eigenvalue weighted by Gasteiger charge is 2.54. The van der Waals surface area contributed by atoms with Crippen LogP contribution in [-0.4, -0.2) is 0 Å². The standard InChI is InChI=1S/C20H29F/c1-3-4-13-20(14-15(20)2)17-11-8-12-18(21)19(17)16-9-6-5-7-10-16/h9,11,15H,3-8,10,12-14H2,1-2H3.